The summed E-state index contributed by atoms with van der Waals surface area (Å²) in [6.07, 6.45) is 3.36. The minimum atomic E-state index is 0.638. The average Bonchev–Trinajstić information content (AvgIpc) is 2.94. The number of anilines is 1. The van der Waals surface area contributed by atoms with Crippen LogP contribution in [0.2, 0.25) is 0 Å². The van der Waals surface area contributed by atoms with Crippen LogP contribution in [-0.2, 0) is 0 Å². The van der Waals surface area contributed by atoms with Crippen LogP contribution in [0.1, 0.15) is 0 Å². The Morgan fingerprint density at radius 3 is 2.50 bits per heavy atom. The maximum absolute atomic E-state index is 6.18. The predicted molar refractivity (Wildman–Crippen MR) is 71.8 cm³/mol. The average molecular weight is 236 g/mol. The van der Waals surface area contributed by atoms with E-state index in [1.165, 1.54) is 0 Å². The summed E-state index contributed by atoms with van der Waals surface area (Å²) in [5.41, 5.74) is 9.55. The van der Waals surface area contributed by atoms with Crippen molar-refractivity contribution in [2.75, 3.05) is 5.73 Å². The molecule has 0 bridgehead atoms. The normalized spacial score (nSPS) is 10.4. The second kappa shape index (κ2) is 4.37. The molecule has 88 valence electrons. The summed E-state index contributed by atoms with van der Waals surface area (Å²) in [6, 6.07) is 15.6. The zero-order valence-electron chi connectivity index (χ0n) is 9.71. The van der Waals surface area contributed by atoms with Crippen LogP contribution in [0.3, 0.4) is 0 Å². The summed E-state index contributed by atoms with van der Waals surface area (Å²) in [5, 5.41) is 0. The second-order valence-electron chi connectivity index (χ2n) is 3.96. The number of pyridine rings is 1. The highest BCUT2D eigenvalue weighted by molar-refractivity contribution is 5.84. The van der Waals surface area contributed by atoms with Gasteiger partial charge in [-0.2, -0.15) is 0 Å². The molecule has 1 aromatic carbocycles. The lowest BCUT2D eigenvalue weighted by Crippen LogP contribution is -1.95. The maximum atomic E-state index is 6.18. The summed E-state index contributed by atoms with van der Waals surface area (Å²) in [6.45, 7) is 0. The molecule has 0 aliphatic rings. The van der Waals surface area contributed by atoms with Crippen molar-refractivity contribution >= 4 is 5.69 Å². The van der Waals surface area contributed by atoms with Gasteiger partial charge >= 0.3 is 0 Å². The van der Waals surface area contributed by atoms with Crippen LogP contribution in [0.5, 0.6) is 0 Å². The third kappa shape index (κ3) is 1.76. The quantitative estimate of drug-likeness (QED) is 0.739. The highest BCUT2D eigenvalue weighted by Gasteiger charge is 2.11. The first-order valence-corrected chi connectivity index (χ1v) is 5.70. The Morgan fingerprint density at radius 1 is 0.944 bits per heavy atom. The number of rotatable bonds is 2. The molecular weight excluding hydrogens is 224 g/mol. The van der Waals surface area contributed by atoms with Crippen molar-refractivity contribution in [1.82, 2.24) is 4.98 Å². The Labute approximate surface area is 105 Å². The lowest BCUT2D eigenvalue weighted by atomic mass is 10.0. The van der Waals surface area contributed by atoms with Gasteiger partial charge in [-0.1, -0.05) is 30.3 Å². The summed E-state index contributed by atoms with van der Waals surface area (Å²) < 4.78 is 5.35. The first-order chi connectivity index (χ1) is 8.86. The van der Waals surface area contributed by atoms with Crippen molar-refractivity contribution in [3.8, 4) is 22.6 Å². The predicted octanol–water partition coefficient (Wildman–Crippen LogP) is 3.59. The van der Waals surface area contributed by atoms with E-state index in [0.29, 0.717) is 17.1 Å². The minimum Gasteiger partial charge on any atom is -0.463 e. The van der Waals surface area contributed by atoms with E-state index in [1.807, 2.05) is 48.5 Å². The van der Waals surface area contributed by atoms with Gasteiger partial charge in [0.2, 0.25) is 0 Å². The van der Waals surface area contributed by atoms with Crippen molar-refractivity contribution in [3.05, 3.63) is 61.0 Å². The molecule has 3 nitrogen and oxygen atoms in total. The number of furan rings is 1. The van der Waals surface area contributed by atoms with Gasteiger partial charge in [0.1, 0.15) is 5.69 Å². The van der Waals surface area contributed by atoms with E-state index >= 15 is 0 Å². The maximum Gasteiger partial charge on any atom is 0.154 e. The van der Waals surface area contributed by atoms with Crippen LogP contribution in [-0.4, -0.2) is 4.98 Å². The fraction of sp³-hybridized carbons (Fsp3) is 0. The molecule has 0 amide bonds. The molecule has 3 rings (SSSR count). The Bertz CT molecular complexity index is 646. The van der Waals surface area contributed by atoms with Gasteiger partial charge in [-0.15, -0.1) is 0 Å². The topological polar surface area (TPSA) is 52.0 Å². The van der Waals surface area contributed by atoms with E-state index in [0.717, 1.165) is 11.1 Å². The molecule has 2 heterocycles. The third-order valence-electron chi connectivity index (χ3n) is 2.83. The Morgan fingerprint density at radius 2 is 1.78 bits per heavy atom. The smallest absolute Gasteiger partial charge is 0.154 e. The second-order valence-corrected chi connectivity index (χ2v) is 3.96. The number of hydrogen-bond donors (Lipinski definition) is 1. The zero-order chi connectivity index (χ0) is 12.4. The molecule has 2 aromatic heterocycles. The molecule has 2 N–H and O–H groups in total. The highest BCUT2D eigenvalue weighted by Crippen LogP contribution is 2.32. The molecule has 0 aliphatic heterocycles. The van der Waals surface area contributed by atoms with Crippen LogP contribution in [0, 0.1) is 0 Å². The van der Waals surface area contributed by atoms with E-state index < -0.39 is 0 Å². The Balaban J connectivity index is 2.16. The third-order valence-corrected chi connectivity index (χ3v) is 2.83. The van der Waals surface area contributed by atoms with Crippen molar-refractivity contribution in [2.24, 2.45) is 0 Å². The first kappa shape index (κ1) is 10.6. The number of nitrogen functional groups attached to an aromatic ring is 1. The molecule has 0 radical (unpaired) electrons. The van der Waals surface area contributed by atoms with Crippen LogP contribution >= 0.6 is 0 Å². The molecule has 3 heteroatoms. The van der Waals surface area contributed by atoms with Crippen molar-refractivity contribution in [1.29, 1.82) is 0 Å². The van der Waals surface area contributed by atoms with E-state index in [2.05, 4.69) is 4.98 Å². The summed E-state index contributed by atoms with van der Waals surface area (Å²) in [5.74, 6) is 0.685. The SMILES string of the molecule is Nc1c(-c2ccccc2)ccnc1-c1ccco1. The monoisotopic (exact) mass is 236 g/mol. The lowest BCUT2D eigenvalue weighted by molar-refractivity contribution is 0.580. The van der Waals surface area contributed by atoms with E-state index in [4.69, 9.17) is 10.2 Å². The number of nitrogens with two attached hydrogens (primary N) is 1. The number of hydrogen-bond acceptors (Lipinski definition) is 3. The van der Waals surface area contributed by atoms with Gasteiger partial charge in [0.05, 0.1) is 12.0 Å². The van der Waals surface area contributed by atoms with Crippen molar-refractivity contribution in [3.63, 3.8) is 0 Å². The van der Waals surface area contributed by atoms with E-state index in [-0.39, 0.29) is 0 Å². The molecule has 0 fully saturated rings. The number of aromatic nitrogens is 1. The largest absolute Gasteiger partial charge is 0.463 e. The van der Waals surface area contributed by atoms with Crippen molar-refractivity contribution < 1.29 is 4.42 Å². The zero-order valence-corrected chi connectivity index (χ0v) is 9.71. The number of benzene rings is 1. The van der Waals surface area contributed by atoms with Gasteiger partial charge in [-0.3, -0.25) is 4.98 Å². The summed E-state index contributed by atoms with van der Waals surface area (Å²) in [4.78, 5) is 4.29. The molecular formula is C15H12N2O. The van der Waals surface area contributed by atoms with Crippen LogP contribution in [0.15, 0.2) is 65.4 Å². The summed E-state index contributed by atoms with van der Waals surface area (Å²) >= 11 is 0. The van der Waals surface area contributed by atoms with Crippen LogP contribution in [0.25, 0.3) is 22.6 Å². The molecule has 3 aromatic rings. The number of nitrogens with zero attached hydrogens (tertiary/aromatic N) is 1. The fourth-order valence-electron chi connectivity index (χ4n) is 1.95. The summed E-state index contributed by atoms with van der Waals surface area (Å²) in [7, 11) is 0. The molecule has 0 saturated heterocycles. The van der Waals surface area contributed by atoms with E-state index in [1.54, 1.807) is 12.5 Å². The molecule has 0 atom stereocenters. The molecule has 0 aliphatic carbocycles. The van der Waals surface area contributed by atoms with Gasteiger partial charge in [0, 0.05) is 11.8 Å². The van der Waals surface area contributed by atoms with Gasteiger partial charge in [0.15, 0.2) is 5.76 Å². The molecule has 18 heavy (non-hydrogen) atoms. The molecule has 0 spiro atoms. The highest BCUT2D eigenvalue weighted by atomic mass is 16.3. The van der Waals surface area contributed by atoms with Crippen LogP contribution in [0.4, 0.5) is 5.69 Å². The molecule has 0 saturated carbocycles. The first-order valence-electron chi connectivity index (χ1n) is 5.70. The van der Waals surface area contributed by atoms with Gasteiger partial charge in [0.25, 0.3) is 0 Å². The fourth-order valence-corrected chi connectivity index (χ4v) is 1.95. The Hall–Kier alpha value is -2.55. The molecule has 0 unspecified atom stereocenters. The van der Waals surface area contributed by atoms with Crippen LogP contribution < -0.4 is 5.73 Å². The van der Waals surface area contributed by atoms with E-state index in [9.17, 15) is 0 Å². The van der Waals surface area contributed by atoms with Gasteiger partial charge < -0.3 is 10.2 Å². The minimum absolute atomic E-state index is 0.638. The van der Waals surface area contributed by atoms with Crippen molar-refractivity contribution in [2.45, 2.75) is 0 Å². The lowest BCUT2D eigenvalue weighted by Gasteiger charge is -2.08. The van der Waals surface area contributed by atoms with Gasteiger partial charge in [-0.05, 0) is 23.8 Å². The van der Waals surface area contributed by atoms with Gasteiger partial charge in [-0.25, -0.2) is 0 Å². The standard InChI is InChI=1S/C15H12N2O/c16-14-12(11-5-2-1-3-6-11)8-9-17-15(14)13-7-4-10-18-13/h1-10H,16H2. The Kier molecular flexibility index (Phi) is 2.57.